The average Bonchev–Trinajstić information content (AvgIpc) is 2.68. The van der Waals surface area contributed by atoms with Crippen molar-refractivity contribution in [2.24, 2.45) is 7.05 Å². The molecule has 0 spiro atoms. The van der Waals surface area contributed by atoms with Crippen LogP contribution in [0.15, 0.2) is 30.6 Å². The Labute approximate surface area is 105 Å². The third kappa shape index (κ3) is 2.74. The van der Waals surface area contributed by atoms with E-state index in [4.69, 9.17) is 11.6 Å². The molecular formula is C13H13ClN2O. The van der Waals surface area contributed by atoms with E-state index < -0.39 is 0 Å². The summed E-state index contributed by atoms with van der Waals surface area (Å²) in [5.41, 5.74) is 2.53. The van der Waals surface area contributed by atoms with Crippen LogP contribution >= 0.6 is 11.6 Å². The lowest BCUT2D eigenvalue weighted by Gasteiger charge is -2.02. The van der Waals surface area contributed by atoms with Gasteiger partial charge < -0.3 is 0 Å². The molecular weight excluding hydrogens is 236 g/mol. The number of nitrogens with zero attached hydrogens (tertiary/aromatic N) is 2. The summed E-state index contributed by atoms with van der Waals surface area (Å²) in [4.78, 5) is 12.0. The molecule has 0 aliphatic heterocycles. The van der Waals surface area contributed by atoms with Gasteiger partial charge >= 0.3 is 0 Å². The maximum absolute atomic E-state index is 12.0. The Bertz CT molecular complexity index is 560. The lowest BCUT2D eigenvalue weighted by molar-refractivity contribution is 0.0993. The third-order valence-corrected chi connectivity index (χ3v) is 3.02. The summed E-state index contributed by atoms with van der Waals surface area (Å²) in [5, 5.41) is 4.66. The molecule has 1 heterocycles. The number of hydrogen-bond donors (Lipinski definition) is 0. The van der Waals surface area contributed by atoms with Crippen molar-refractivity contribution in [1.82, 2.24) is 9.78 Å². The van der Waals surface area contributed by atoms with Gasteiger partial charge in [-0.05, 0) is 24.1 Å². The molecule has 0 saturated carbocycles. The molecule has 1 aromatic carbocycles. The van der Waals surface area contributed by atoms with Crippen molar-refractivity contribution in [3.63, 3.8) is 0 Å². The van der Waals surface area contributed by atoms with Crippen molar-refractivity contribution in [2.45, 2.75) is 13.3 Å². The van der Waals surface area contributed by atoms with E-state index in [0.29, 0.717) is 17.0 Å². The Hall–Kier alpha value is -1.61. The molecule has 0 radical (unpaired) electrons. The minimum Gasteiger partial charge on any atom is -0.294 e. The van der Waals surface area contributed by atoms with E-state index in [1.807, 2.05) is 26.2 Å². The van der Waals surface area contributed by atoms with E-state index in [2.05, 4.69) is 5.10 Å². The molecule has 88 valence electrons. The van der Waals surface area contributed by atoms with Gasteiger partial charge in [-0.25, -0.2) is 0 Å². The van der Waals surface area contributed by atoms with Crippen molar-refractivity contribution in [3.05, 3.63) is 52.3 Å². The van der Waals surface area contributed by atoms with Gasteiger partial charge in [0.2, 0.25) is 0 Å². The van der Waals surface area contributed by atoms with E-state index in [9.17, 15) is 4.79 Å². The molecule has 17 heavy (non-hydrogen) atoms. The molecule has 4 heteroatoms. The number of ketones is 1. The monoisotopic (exact) mass is 248 g/mol. The summed E-state index contributed by atoms with van der Waals surface area (Å²) in [6.07, 6.45) is 3.90. The fourth-order valence-corrected chi connectivity index (χ4v) is 1.80. The van der Waals surface area contributed by atoms with E-state index in [1.54, 1.807) is 23.0 Å². The van der Waals surface area contributed by atoms with Crippen LogP contribution in [-0.4, -0.2) is 15.6 Å². The molecule has 1 aromatic heterocycles. The number of aryl methyl sites for hydroxylation is 2. The SMILES string of the molecule is Cc1ccc(C(=O)Cc2cnn(C)c2)cc1Cl. The highest BCUT2D eigenvalue weighted by atomic mass is 35.5. The smallest absolute Gasteiger partial charge is 0.167 e. The first kappa shape index (κ1) is 11.9. The zero-order valence-electron chi connectivity index (χ0n) is 9.77. The second kappa shape index (κ2) is 4.72. The number of rotatable bonds is 3. The Morgan fingerprint density at radius 1 is 1.47 bits per heavy atom. The molecule has 0 unspecified atom stereocenters. The summed E-state index contributed by atoms with van der Waals surface area (Å²) in [7, 11) is 1.83. The molecule has 0 atom stereocenters. The van der Waals surface area contributed by atoms with Gasteiger partial charge in [0.05, 0.1) is 6.20 Å². The van der Waals surface area contributed by atoms with Gasteiger partial charge in [-0.2, -0.15) is 5.10 Å². The molecule has 3 nitrogen and oxygen atoms in total. The van der Waals surface area contributed by atoms with Crippen molar-refractivity contribution in [2.75, 3.05) is 0 Å². The largest absolute Gasteiger partial charge is 0.294 e. The van der Waals surface area contributed by atoms with Crippen molar-refractivity contribution < 1.29 is 4.79 Å². The van der Waals surface area contributed by atoms with E-state index in [-0.39, 0.29) is 5.78 Å². The van der Waals surface area contributed by atoms with Crippen LogP contribution in [0.3, 0.4) is 0 Å². The molecule has 0 amide bonds. The molecule has 0 bridgehead atoms. The maximum atomic E-state index is 12.0. The fraction of sp³-hybridized carbons (Fsp3) is 0.231. The summed E-state index contributed by atoms with van der Waals surface area (Å²) >= 11 is 6.00. The van der Waals surface area contributed by atoms with Gasteiger partial charge in [0.1, 0.15) is 0 Å². The van der Waals surface area contributed by atoms with Gasteiger partial charge in [-0.1, -0.05) is 23.7 Å². The predicted octanol–water partition coefficient (Wildman–Crippen LogP) is 2.81. The number of hydrogen-bond acceptors (Lipinski definition) is 2. The normalized spacial score (nSPS) is 10.5. The van der Waals surface area contributed by atoms with E-state index in [0.717, 1.165) is 11.1 Å². The zero-order chi connectivity index (χ0) is 12.4. The number of halogens is 1. The minimum absolute atomic E-state index is 0.0555. The van der Waals surface area contributed by atoms with Gasteiger partial charge in [-0.3, -0.25) is 9.48 Å². The van der Waals surface area contributed by atoms with Crippen LogP contribution < -0.4 is 0 Å². The van der Waals surface area contributed by atoms with Crippen LogP contribution in [0.25, 0.3) is 0 Å². The maximum Gasteiger partial charge on any atom is 0.167 e. The second-order valence-electron chi connectivity index (χ2n) is 4.09. The van der Waals surface area contributed by atoms with Gasteiger partial charge in [0.25, 0.3) is 0 Å². The lowest BCUT2D eigenvalue weighted by Crippen LogP contribution is -2.03. The van der Waals surface area contributed by atoms with Gasteiger partial charge in [-0.15, -0.1) is 0 Å². The molecule has 0 fully saturated rings. The summed E-state index contributed by atoms with van der Waals surface area (Å²) in [6.45, 7) is 1.91. The number of carbonyl (C=O) groups excluding carboxylic acids is 1. The number of Topliss-reactive ketones (excluding diaryl/α,β-unsaturated/α-hetero) is 1. The van der Waals surface area contributed by atoms with Crippen LogP contribution in [0.1, 0.15) is 21.5 Å². The van der Waals surface area contributed by atoms with Gasteiger partial charge in [0, 0.05) is 30.3 Å². The van der Waals surface area contributed by atoms with Crippen molar-refractivity contribution >= 4 is 17.4 Å². The van der Waals surface area contributed by atoms with Crippen molar-refractivity contribution in [3.8, 4) is 0 Å². The standard InChI is InChI=1S/C13H13ClN2O/c1-9-3-4-11(6-12(9)14)13(17)5-10-7-15-16(2)8-10/h3-4,6-8H,5H2,1-2H3. The third-order valence-electron chi connectivity index (χ3n) is 2.62. The molecule has 0 aliphatic carbocycles. The van der Waals surface area contributed by atoms with Gasteiger partial charge in [0.15, 0.2) is 5.78 Å². The molecule has 0 saturated heterocycles. The quantitative estimate of drug-likeness (QED) is 0.783. The Morgan fingerprint density at radius 2 is 2.24 bits per heavy atom. The Morgan fingerprint density at radius 3 is 2.82 bits per heavy atom. The predicted molar refractivity (Wildman–Crippen MR) is 67.4 cm³/mol. The molecule has 0 aliphatic rings. The molecule has 0 N–H and O–H groups in total. The Kier molecular flexibility index (Phi) is 3.29. The number of carbonyl (C=O) groups is 1. The first-order chi connectivity index (χ1) is 8.06. The highest BCUT2D eigenvalue weighted by molar-refractivity contribution is 6.31. The summed E-state index contributed by atoms with van der Waals surface area (Å²) in [5.74, 6) is 0.0555. The Balaban J connectivity index is 2.17. The first-order valence-electron chi connectivity index (χ1n) is 5.33. The van der Waals surface area contributed by atoms with Crippen molar-refractivity contribution in [1.29, 1.82) is 0 Å². The first-order valence-corrected chi connectivity index (χ1v) is 5.71. The highest BCUT2D eigenvalue weighted by Gasteiger charge is 2.09. The van der Waals surface area contributed by atoms with Crippen LogP contribution in [0, 0.1) is 6.92 Å². The number of aromatic nitrogens is 2. The van der Waals surface area contributed by atoms with Crippen LogP contribution in [0.2, 0.25) is 5.02 Å². The van der Waals surface area contributed by atoms with E-state index >= 15 is 0 Å². The minimum atomic E-state index is 0.0555. The summed E-state index contributed by atoms with van der Waals surface area (Å²) < 4.78 is 1.69. The second-order valence-corrected chi connectivity index (χ2v) is 4.49. The van der Waals surface area contributed by atoms with Crippen LogP contribution in [0.5, 0.6) is 0 Å². The van der Waals surface area contributed by atoms with E-state index in [1.165, 1.54) is 0 Å². The highest BCUT2D eigenvalue weighted by Crippen LogP contribution is 2.18. The fourth-order valence-electron chi connectivity index (χ4n) is 1.62. The lowest BCUT2D eigenvalue weighted by atomic mass is 10.0. The number of benzene rings is 1. The van der Waals surface area contributed by atoms with Crippen LogP contribution in [0.4, 0.5) is 0 Å². The summed E-state index contributed by atoms with van der Waals surface area (Å²) in [6, 6.07) is 5.38. The topological polar surface area (TPSA) is 34.9 Å². The van der Waals surface area contributed by atoms with Crippen LogP contribution in [-0.2, 0) is 13.5 Å². The molecule has 2 aromatic rings. The zero-order valence-corrected chi connectivity index (χ0v) is 10.5. The molecule has 2 rings (SSSR count). The average molecular weight is 249 g/mol.